The van der Waals surface area contributed by atoms with Gasteiger partial charge in [-0.15, -0.1) is 0 Å². The minimum Gasteiger partial charge on any atom is -0.477 e. The fourth-order valence-electron chi connectivity index (χ4n) is 2.07. The highest BCUT2D eigenvalue weighted by atomic mass is 16.5. The van der Waals surface area contributed by atoms with Crippen LogP contribution in [0.3, 0.4) is 0 Å². The maximum atomic E-state index is 12.4. The quantitative estimate of drug-likeness (QED) is 0.743. The van der Waals surface area contributed by atoms with Gasteiger partial charge in [0.1, 0.15) is 23.1 Å². The second-order valence-corrected chi connectivity index (χ2v) is 4.88. The molecule has 0 saturated heterocycles. The maximum absolute atomic E-state index is 12.4. The smallest absolute Gasteiger partial charge is 0.354 e. The molecule has 0 radical (unpaired) electrons. The minimum atomic E-state index is -1.19. The Balaban J connectivity index is 2.24. The van der Waals surface area contributed by atoms with E-state index in [1.807, 2.05) is 0 Å². The number of aromatic nitrogens is 4. The van der Waals surface area contributed by atoms with Crippen LogP contribution in [0.2, 0.25) is 0 Å². The number of carbonyl (C=O) groups excluding carboxylic acids is 2. The Morgan fingerprint density at radius 2 is 2.08 bits per heavy atom. The number of nitrogens with one attached hydrogen (secondary N) is 1. The number of hydrogen-bond acceptors (Lipinski definition) is 6. The van der Waals surface area contributed by atoms with E-state index in [0.717, 1.165) is 4.68 Å². The fourth-order valence-corrected chi connectivity index (χ4v) is 2.07. The molecule has 10 heteroatoms. The zero-order valence-corrected chi connectivity index (χ0v) is 13.4. The van der Waals surface area contributed by atoms with Crippen LogP contribution in [0.4, 0.5) is 5.82 Å². The standard InChI is InChI=1S/C14H17N5O5/c1-4-24-14(23)9-7-16-18(3)11(9)17-12(20)8(2)19-10(13(21)22)5-6-15-19/h5-8H,4H2,1-3H3,(H,17,20)(H,21,22). The summed E-state index contributed by atoms with van der Waals surface area (Å²) in [4.78, 5) is 35.4. The largest absolute Gasteiger partial charge is 0.477 e. The zero-order chi connectivity index (χ0) is 17.9. The van der Waals surface area contributed by atoms with Gasteiger partial charge in [0.15, 0.2) is 0 Å². The van der Waals surface area contributed by atoms with Gasteiger partial charge < -0.3 is 15.2 Å². The molecule has 2 aromatic heterocycles. The first-order valence-corrected chi connectivity index (χ1v) is 7.13. The molecule has 0 aliphatic heterocycles. The van der Waals surface area contributed by atoms with Crippen molar-refractivity contribution in [3.05, 3.63) is 29.7 Å². The average Bonchev–Trinajstić information content (AvgIpc) is 3.14. The molecule has 1 atom stereocenters. The molecule has 24 heavy (non-hydrogen) atoms. The lowest BCUT2D eigenvalue weighted by Gasteiger charge is -2.15. The zero-order valence-electron chi connectivity index (χ0n) is 13.4. The first-order valence-electron chi connectivity index (χ1n) is 7.13. The molecule has 2 rings (SSSR count). The van der Waals surface area contributed by atoms with E-state index < -0.39 is 23.9 Å². The van der Waals surface area contributed by atoms with Crippen LogP contribution in [0.25, 0.3) is 0 Å². The van der Waals surface area contributed by atoms with Crippen molar-refractivity contribution >= 4 is 23.7 Å². The number of ether oxygens (including phenoxy) is 1. The van der Waals surface area contributed by atoms with Crippen LogP contribution in [-0.4, -0.2) is 49.1 Å². The van der Waals surface area contributed by atoms with Gasteiger partial charge in [-0.05, 0) is 19.9 Å². The van der Waals surface area contributed by atoms with Gasteiger partial charge in [-0.25, -0.2) is 14.3 Å². The van der Waals surface area contributed by atoms with Gasteiger partial charge in [0.05, 0.1) is 12.8 Å². The third kappa shape index (κ3) is 3.26. The summed E-state index contributed by atoms with van der Waals surface area (Å²) in [5.74, 6) is -2.19. The summed E-state index contributed by atoms with van der Waals surface area (Å²) in [6.07, 6.45) is 2.58. The summed E-state index contributed by atoms with van der Waals surface area (Å²) in [6, 6.07) is 0.385. The summed E-state index contributed by atoms with van der Waals surface area (Å²) in [5.41, 5.74) is -0.00732. The van der Waals surface area contributed by atoms with Crippen molar-refractivity contribution in [3.8, 4) is 0 Å². The summed E-state index contributed by atoms with van der Waals surface area (Å²) >= 11 is 0. The first-order chi connectivity index (χ1) is 11.4. The van der Waals surface area contributed by atoms with Crippen LogP contribution in [0.15, 0.2) is 18.5 Å². The van der Waals surface area contributed by atoms with Gasteiger partial charge in [-0.3, -0.25) is 9.48 Å². The number of nitrogens with zero attached hydrogens (tertiary/aromatic N) is 4. The van der Waals surface area contributed by atoms with E-state index in [-0.39, 0.29) is 23.7 Å². The number of anilines is 1. The molecule has 0 bridgehead atoms. The van der Waals surface area contributed by atoms with Crippen molar-refractivity contribution < 1.29 is 24.2 Å². The van der Waals surface area contributed by atoms with E-state index in [2.05, 4.69) is 15.5 Å². The average molecular weight is 335 g/mol. The minimum absolute atomic E-state index is 0.110. The molecule has 2 N–H and O–H groups in total. The van der Waals surface area contributed by atoms with Gasteiger partial charge in [0.2, 0.25) is 5.91 Å². The fraction of sp³-hybridized carbons (Fsp3) is 0.357. The molecule has 1 amide bonds. The molecular weight excluding hydrogens is 318 g/mol. The van der Waals surface area contributed by atoms with E-state index in [9.17, 15) is 14.4 Å². The molecule has 10 nitrogen and oxygen atoms in total. The lowest BCUT2D eigenvalue weighted by atomic mass is 10.2. The summed E-state index contributed by atoms with van der Waals surface area (Å²) < 4.78 is 7.31. The van der Waals surface area contributed by atoms with Crippen molar-refractivity contribution in [1.29, 1.82) is 0 Å². The molecule has 0 aliphatic carbocycles. The molecular formula is C14H17N5O5. The molecule has 0 saturated carbocycles. The Bertz CT molecular complexity index is 778. The van der Waals surface area contributed by atoms with Crippen molar-refractivity contribution in [2.45, 2.75) is 19.9 Å². The molecule has 0 aromatic carbocycles. The lowest BCUT2D eigenvalue weighted by molar-refractivity contribution is -0.119. The van der Waals surface area contributed by atoms with E-state index >= 15 is 0 Å². The van der Waals surface area contributed by atoms with Crippen LogP contribution < -0.4 is 5.32 Å². The number of hydrogen-bond donors (Lipinski definition) is 2. The van der Waals surface area contributed by atoms with E-state index in [1.165, 1.54) is 30.1 Å². The lowest BCUT2D eigenvalue weighted by Crippen LogP contribution is -2.28. The maximum Gasteiger partial charge on any atom is 0.354 e. The Hall–Kier alpha value is -3.17. The van der Waals surface area contributed by atoms with Crippen molar-refractivity contribution in [2.75, 3.05) is 11.9 Å². The summed E-state index contributed by atoms with van der Waals surface area (Å²) in [7, 11) is 1.56. The Kier molecular flexibility index (Phi) is 4.97. The summed E-state index contributed by atoms with van der Waals surface area (Å²) in [6.45, 7) is 3.35. The van der Waals surface area contributed by atoms with Crippen molar-refractivity contribution in [3.63, 3.8) is 0 Å². The van der Waals surface area contributed by atoms with Crippen molar-refractivity contribution in [2.24, 2.45) is 7.05 Å². The monoisotopic (exact) mass is 335 g/mol. The van der Waals surface area contributed by atoms with Crippen LogP contribution in [0.5, 0.6) is 0 Å². The second-order valence-electron chi connectivity index (χ2n) is 4.88. The Morgan fingerprint density at radius 1 is 1.38 bits per heavy atom. The number of amides is 1. The molecule has 2 heterocycles. The summed E-state index contributed by atoms with van der Waals surface area (Å²) in [5, 5.41) is 19.4. The predicted molar refractivity (Wildman–Crippen MR) is 81.7 cm³/mol. The predicted octanol–water partition coefficient (Wildman–Crippen LogP) is 0.691. The Labute approximate surface area is 137 Å². The molecule has 0 fully saturated rings. The molecule has 1 unspecified atom stereocenters. The van der Waals surface area contributed by atoms with Crippen molar-refractivity contribution in [1.82, 2.24) is 19.6 Å². The SMILES string of the molecule is CCOC(=O)c1cnn(C)c1NC(=O)C(C)n1nccc1C(=O)O. The first kappa shape index (κ1) is 17.2. The number of esters is 1. The van der Waals surface area contributed by atoms with Crippen LogP contribution in [0, 0.1) is 0 Å². The number of carboxylic acid groups (broad SMARTS) is 1. The van der Waals surface area contributed by atoms with Gasteiger partial charge in [0.25, 0.3) is 0 Å². The molecule has 0 spiro atoms. The van der Waals surface area contributed by atoms with Crippen LogP contribution >= 0.6 is 0 Å². The number of aryl methyl sites for hydroxylation is 1. The Morgan fingerprint density at radius 3 is 2.71 bits per heavy atom. The molecule has 0 aliphatic rings. The third-order valence-electron chi connectivity index (χ3n) is 3.31. The number of aromatic carboxylic acids is 1. The van der Waals surface area contributed by atoms with Gasteiger partial charge in [0, 0.05) is 13.2 Å². The van der Waals surface area contributed by atoms with Gasteiger partial charge >= 0.3 is 11.9 Å². The number of carbonyl (C=O) groups is 3. The van der Waals surface area contributed by atoms with Crippen LogP contribution in [-0.2, 0) is 16.6 Å². The van der Waals surface area contributed by atoms with Crippen LogP contribution in [0.1, 0.15) is 40.7 Å². The second kappa shape index (κ2) is 6.94. The van der Waals surface area contributed by atoms with Gasteiger partial charge in [-0.2, -0.15) is 10.2 Å². The molecule has 2 aromatic rings. The van der Waals surface area contributed by atoms with Gasteiger partial charge in [-0.1, -0.05) is 0 Å². The highest BCUT2D eigenvalue weighted by Crippen LogP contribution is 2.18. The number of carboxylic acids is 1. The van der Waals surface area contributed by atoms with E-state index in [4.69, 9.17) is 9.84 Å². The topological polar surface area (TPSA) is 128 Å². The number of rotatable bonds is 6. The highest BCUT2D eigenvalue weighted by molar-refractivity contribution is 6.01. The van der Waals surface area contributed by atoms with E-state index in [0.29, 0.717) is 0 Å². The highest BCUT2D eigenvalue weighted by Gasteiger charge is 2.25. The normalized spacial score (nSPS) is 11.8. The third-order valence-corrected chi connectivity index (χ3v) is 3.31. The molecule has 128 valence electrons. The van der Waals surface area contributed by atoms with E-state index in [1.54, 1.807) is 14.0 Å².